The lowest BCUT2D eigenvalue weighted by Crippen LogP contribution is -2.34. The van der Waals surface area contributed by atoms with E-state index in [9.17, 15) is 13.2 Å². The average molecular weight is 447 g/mol. The van der Waals surface area contributed by atoms with Gasteiger partial charge in [-0.3, -0.25) is 4.79 Å². The number of halogens is 1. The van der Waals surface area contributed by atoms with Gasteiger partial charge in [-0.25, -0.2) is 12.7 Å². The van der Waals surface area contributed by atoms with Crippen molar-refractivity contribution < 1.29 is 13.2 Å². The third kappa shape index (κ3) is 6.35. The molecule has 26 heavy (non-hydrogen) atoms. The summed E-state index contributed by atoms with van der Waals surface area (Å²) in [5.41, 5.74) is 0.404. The Bertz CT molecular complexity index is 703. The average Bonchev–Trinajstić information content (AvgIpc) is 2.53. The summed E-state index contributed by atoms with van der Waals surface area (Å²) in [6.45, 7) is 9.88. The zero-order chi connectivity index (χ0) is 20.1. The first-order chi connectivity index (χ1) is 12.0. The molecule has 0 heterocycles. The third-order valence-corrected chi connectivity index (χ3v) is 6.99. The largest absolute Gasteiger partial charge is 0.339 e. The van der Waals surface area contributed by atoms with E-state index in [0.717, 1.165) is 17.1 Å². The minimum absolute atomic E-state index is 0.112. The van der Waals surface area contributed by atoms with Crippen molar-refractivity contribution >= 4 is 31.9 Å². The predicted molar refractivity (Wildman–Crippen MR) is 110 cm³/mol. The molecule has 0 saturated heterocycles. The number of rotatable bonds is 9. The number of carbonyl (C=O) groups is 1. The van der Waals surface area contributed by atoms with Crippen LogP contribution in [0.4, 0.5) is 0 Å². The van der Waals surface area contributed by atoms with Gasteiger partial charge in [0.15, 0.2) is 0 Å². The van der Waals surface area contributed by atoms with Crippen LogP contribution in [0.25, 0.3) is 0 Å². The minimum atomic E-state index is -3.63. The van der Waals surface area contributed by atoms with Crippen LogP contribution in [0.15, 0.2) is 27.6 Å². The third-order valence-electron chi connectivity index (χ3n) is 4.18. The summed E-state index contributed by atoms with van der Waals surface area (Å²) >= 11 is 3.29. The SMILES string of the molecule is CC(C)CCN(CCC(C)C)C(=O)c1ccc(Br)c(S(=O)(=O)N(C)C)c1. The summed E-state index contributed by atoms with van der Waals surface area (Å²) in [6.07, 6.45) is 1.84. The molecule has 0 bridgehead atoms. The van der Waals surface area contributed by atoms with Gasteiger partial charge in [-0.15, -0.1) is 0 Å². The molecule has 0 aromatic heterocycles. The fourth-order valence-corrected chi connectivity index (χ4v) is 4.20. The Balaban J connectivity index is 3.18. The molecule has 1 aromatic rings. The normalized spacial score (nSPS) is 12.2. The van der Waals surface area contributed by atoms with E-state index in [1.165, 1.54) is 20.2 Å². The molecule has 0 aliphatic rings. The van der Waals surface area contributed by atoms with Gasteiger partial charge in [0.1, 0.15) is 0 Å². The molecule has 148 valence electrons. The Morgan fingerprint density at radius 3 is 1.96 bits per heavy atom. The van der Waals surface area contributed by atoms with Gasteiger partial charge in [-0.1, -0.05) is 27.7 Å². The molecule has 1 aromatic carbocycles. The highest BCUT2D eigenvalue weighted by molar-refractivity contribution is 9.10. The number of sulfonamides is 1. The van der Waals surface area contributed by atoms with Crippen LogP contribution in [0.1, 0.15) is 50.9 Å². The van der Waals surface area contributed by atoms with Crippen LogP contribution in [-0.4, -0.2) is 50.7 Å². The maximum Gasteiger partial charge on any atom is 0.253 e. The lowest BCUT2D eigenvalue weighted by molar-refractivity contribution is 0.0740. The van der Waals surface area contributed by atoms with Crippen molar-refractivity contribution in [3.05, 3.63) is 28.2 Å². The Hall–Kier alpha value is -0.920. The Labute approximate surface area is 166 Å². The van der Waals surface area contributed by atoms with Crippen molar-refractivity contribution in [2.45, 2.75) is 45.4 Å². The predicted octanol–water partition coefficient (Wildman–Crippen LogP) is 4.23. The minimum Gasteiger partial charge on any atom is -0.339 e. The number of nitrogens with zero attached hydrogens (tertiary/aromatic N) is 2. The van der Waals surface area contributed by atoms with Gasteiger partial charge >= 0.3 is 0 Å². The van der Waals surface area contributed by atoms with Crippen LogP contribution < -0.4 is 0 Å². The standard InChI is InChI=1S/C19H31BrN2O3S/c1-14(2)9-11-22(12-10-15(3)4)19(23)16-7-8-17(20)18(13-16)26(24,25)21(5)6/h7-8,13-15H,9-12H2,1-6H3. The molecule has 0 radical (unpaired) electrons. The van der Waals surface area contributed by atoms with Gasteiger partial charge in [-0.2, -0.15) is 0 Å². The molecule has 0 unspecified atom stereocenters. The highest BCUT2D eigenvalue weighted by Crippen LogP contribution is 2.26. The van der Waals surface area contributed by atoms with Crippen LogP contribution in [0.5, 0.6) is 0 Å². The number of amides is 1. The van der Waals surface area contributed by atoms with Crippen molar-refractivity contribution in [2.75, 3.05) is 27.2 Å². The van der Waals surface area contributed by atoms with Gasteiger partial charge in [0, 0.05) is 37.2 Å². The van der Waals surface area contributed by atoms with E-state index < -0.39 is 10.0 Å². The van der Waals surface area contributed by atoms with Gasteiger partial charge in [0.05, 0.1) is 4.90 Å². The smallest absolute Gasteiger partial charge is 0.253 e. The zero-order valence-electron chi connectivity index (χ0n) is 16.6. The molecule has 0 N–H and O–H groups in total. The summed E-state index contributed by atoms with van der Waals surface area (Å²) in [7, 11) is -0.665. The Morgan fingerprint density at radius 1 is 1.04 bits per heavy atom. The van der Waals surface area contributed by atoms with Crippen molar-refractivity contribution in [1.29, 1.82) is 0 Å². The first-order valence-electron chi connectivity index (χ1n) is 8.98. The molecule has 0 aliphatic heterocycles. The van der Waals surface area contributed by atoms with Crippen LogP contribution in [-0.2, 0) is 10.0 Å². The molecule has 0 spiro atoms. The van der Waals surface area contributed by atoms with E-state index in [0.29, 0.717) is 35.0 Å². The molecule has 0 atom stereocenters. The van der Waals surface area contributed by atoms with Crippen molar-refractivity contribution in [2.24, 2.45) is 11.8 Å². The molecule has 1 rings (SSSR count). The second-order valence-corrected chi connectivity index (χ2v) is 10.6. The van der Waals surface area contributed by atoms with E-state index in [-0.39, 0.29) is 10.8 Å². The quantitative estimate of drug-likeness (QED) is 0.569. The molecule has 0 saturated carbocycles. The topological polar surface area (TPSA) is 57.7 Å². The Morgan fingerprint density at radius 2 is 1.54 bits per heavy atom. The zero-order valence-corrected chi connectivity index (χ0v) is 19.0. The molecule has 7 heteroatoms. The summed E-state index contributed by atoms with van der Waals surface area (Å²) in [6, 6.07) is 4.78. The first-order valence-corrected chi connectivity index (χ1v) is 11.2. The van der Waals surface area contributed by atoms with Gasteiger partial charge < -0.3 is 4.90 Å². The van der Waals surface area contributed by atoms with Crippen LogP contribution >= 0.6 is 15.9 Å². The van der Waals surface area contributed by atoms with Gasteiger partial charge in [0.25, 0.3) is 5.91 Å². The summed E-state index contributed by atoms with van der Waals surface area (Å²) in [5, 5.41) is 0. The van der Waals surface area contributed by atoms with E-state index in [2.05, 4.69) is 43.6 Å². The first kappa shape index (κ1) is 23.1. The van der Waals surface area contributed by atoms with Crippen LogP contribution in [0.2, 0.25) is 0 Å². The highest BCUT2D eigenvalue weighted by Gasteiger charge is 2.24. The second kappa shape index (κ2) is 9.85. The van der Waals surface area contributed by atoms with Crippen LogP contribution in [0.3, 0.4) is 0 Å². The fourth-order valence-electron chi connectivity index (χ4n) is 2.36. The number of benzene rings is 1. The van der Waals surface area contributed by atoms with Crippen LogP contribution in [0, 0.1) is 11.8 Å². The lowest BCUT2D eigenvalue weighted by Gasteiger charge is -2.25. The number of hydrogen-bond donors (Lipinski definition) is 0. The van der Waals surface area contributed by atoms with E-state index in [4.69, 9.17) is 0 Å². The second-order valence-electron chi connectivity index (χ2n) is 7.59. The number of carbonyl (C=O) groups excluding carboxylic acids is 1. The molecular formula is C19H31BrN2O3S. The maximum atomic E-state index is 13.0. The monoisotopic (exact) mass is 446 g/mol. The van der Waals surface area contributed by atoms with E-state index in [1.807, 2.05) is 4.90 Å². The molecular weight excluding hydrogens is 416 g/mol. The Kier molecular flexibility index (Phi) is 8.76. The van der Waals surface area contributed by atoms with Gasteiger partial charge in [0.2, 0.25) is 10.0 Å². The fraction of sp³-hybridized carbons (Fsp3) is 0.632. The maximum absolute atomic E-state index is 13.0. The lowest BCUT2D eigenvalue weighted by atomic mass is 10.1. The number of hydrogen-bond acceptors (Lipinski definition) is 3. The van der Waals surface area contributed by atoms with Gasteiger partial charge in [-0.05, 0) is 58.8 Å². The molecule has 0 aliphatic carbocycles. The molecule has 1 amide bonds. The molecule has 5 nitrogen and oxygen atoms in total. The summed E-state index contributed by atoms with van der Waals surface area (Å²) < 4.78 is 26.6. The van der Waals surface area contributed by atoms with Crippen molar-refractivity contribution in [1.82, 2.24) is 9.21 Å². The van der Waals surface area contributed by atoms with Crippen molar-refractivity contribution in [3.8, 4) is 0 Å². The summed E-state index contributed by atoms with van der Waals surface area (Å²) in [5.74, 6) is 0.881. The summed E-state index contributed by atoms with van der Waals surface area (Å²) in [4.78, 5) is 15.0. The van der Waals surface area contributed by atoms with Crippen molar-refractivity contribution in [3.63, 3.8) is 0 Å². The highest BCUT2D eigenvalue weighted by atomic mass is 79.9. The molecule has 0 fully saturated rings. The van der Waals surface area contributed by atoms with E-state index >= 15 is 0 Å². The van der Waals surface area contributed by atoms with E-state index in [1.54, 1.807) is 12.1 Å².